The lowest BCUT2D eigenvalue weighted by Gasteiger charge is -2.07. The average molecular weight is 298 g/mol. The number of rotatable bonds is 4. The SMILES string of the molecule is Cc1cncc(NS(=O)(=O)c2cc(CO)sc2C)c1. The lowest BCUT2D eigenvalue weighted by molar-refractivity contribution is 0.285. The lowest BCUT2D eigenvalue weighted by Crippen LogP contribution is -2.13. The fourth-order valence-electron chi connectivity index (χ4n) is 1.69. The smallest absolute Gasteiger partial charge is 0.263 e. The van der Waals surface area contributed by atoms with E-state index in [-0.39, 0.29) is 11.5 Å². The monoisotopic (exact) mass is 298 g/mol. The van der Waals surface area contributed by atoms with E-state index in [0.29, 0.717) is 15.4 Å². The van der Waals surface area contributed by atoms with Crippen LogP contribution in [-0.2, 0) is 16.6 Å². The molecule has 19 heavy (non-hydrogen) atoms. The number of nitrogens with zero attached hydrogens (tertiary/aromatic N) is 1. The van der Waals surface area contributed by atoms with Gasteiger partial charge in [-0.15, -0.1) is 11.3 Å². The van der Waals surface area contributed by atoms with Gasteiger partial charge in [-0.2, -0.15) is 0 Å². The van der Waals surface area contributed by atoms with Crippen molar-refractivity contribution in [2.75, 3.05) is 4.72 Å². The molecule has 2 aromatic rings. The van der Waals surface area contributed by atoms with E-state index in [1.54, 1.807) is 19.2 Å². The lowest BCUT2D eigenvalue weighted by atomic mass is 10.3. The Morgan fingerprint density at radius 1 is 1.32 bits per heavy atom. The molecule has 0 aliphatic heterocycles. The summed E-state index contributed by atoms with van der Waals surface area (Å²) in [5, 5.41) is 9.05. The number of anilines is 1. The second kappa shape index (κ2) is 5.28. The van der Waals surface area contributed by atoms with Crippen LogP contribution in [0.3, 0.4) is 0 Å². The summed E-state index contributed by atoms with van der Waals surface area (Å²) in [6.45, 7) is 3.39. The average Bonchev–Trinajstić information content (AvgIpc) is 2.71. The van der Waals surface area contributed by atoms with Crippen LogP contribution in [0, 0.1) is 13.8 Å². The quantitative estimate of drug-likeness (QED) is 0.905. The molecular formula is C12H14N2O3S2. The van der Waals surface area contributed by atoms with Crippen molar-refractivity contribution in [2.45, 2.75) is 25.3 Å². The third kappa shape index (κ3) is 3.12. The van der Waals surface area contributed by atoms with Crippen molar-refractivity contribution < 1.29 is 13.5 Å². The molecule has 0 amide bonds. The minimum atomic E-state index is -3.64. The second-order valence-corrected chi connectivity index (χ2v) is 7.14. The van der Waals surface area contributed by atoms with Crippen molar-refractivity contribution in [3.8, 4) is 0 Å². The van der Waals surface area contributed by atoms with Gasteiger partial charge >= 0.3 is 0 Å². The van der Waals surface area contributed by atoms with Gasteiger partial charge in [0.25, 0.3) is 10.0 Å². The zero-order chi connectivity index (χ0) is 14.0. The number of hydrogen-bond acceptors (Lipinski definition) is 5. The van der Waals surface area contributed by atoms with Crippen LogP contribution in [0.4, 0.5) is 5.69 Å². The van der Waals surface area contributed by atoms with E-state index in [2.05, 4.69) is 9.71 Å². The molecule has 7 heteroatoms. The number of hydrogen-bond donors (Lipinski definition) is 2. The van der Waals surface area contributed by atoms with Crippen molar-refractivity contribution >= 4 is 27.0 Å². The van der Waals surface area contributed by atoms with Crippen LogP contribution in [0.15, 0.2) is 29.4 Å². The Morgan fingerprint density at radius 2 is 2.05 bits per heavy atom. The number of aliphatic hydroxyl groups excluding tert-OH is 1. The Balaban J connectivity index is 2.34. The first kappa shape index (κ1) is 14.0. The fourth-order valence-corrected chi connectivity index (χ4v) is 4.22. The van der Waals surface area contributed by atoms with E-state index in [4.69, 9.17) is 5.11 Å². The molecule has 0 bridgehead atoms. The molecular weight excluding hydrogens is 284 g/mol. The summed E-state index contributed by atoms with van der Waals surface area (Å²) in [6.07, 6.45) is 3.11. The van der Waals surface area contributed by atoms with Gasteiger partial charge in [-0.3, -0.25) is 9.71 Å². The highest BCUT2D eigenvalue weighted by atomic mass is 32.2. The zero-order valence-electron chi connectivity index (χ0n) is 10.5. The van der Waals surface area contributed by atoms with Gasteiger partial charge in [0.1, 0.15) is 4.90 Å². The molecule has 0 aliphatic rings. The molecule has 0 radical (unpaired) electrons. The summed E-state index contributed by atoms with van der Waals surface area (Å²) in [6, 6.07) is 3.20. The minimum absolute atomic E-state index is 0.160. The molecule has 2 heterocycles. The molecule has 0 spiro atoms. The van der Waals surface area contributed by atoms with Crippen LogP contribution in [0.25, 0.3) is 0 Å². The number of aromatic nitrogens is 1. The number of nitrogens with one attached hydrogen (secondary N) is 1. The largest absolute Gasteiger partial charge is 0.391 e. The van der Waals surface area contributed by atoms with Crippen molar-refractivity contribution in [1.82, 2.24) is 4.98 Å². The molecule has 0 aliphatic carbocycles. The van der Waals surface area contributed by atoms with Gasteiger partial charge in [-0.25, -0.2) is 8.42 Å². The normalized spacial score (nSPS) is 11.5. The Bertz CT molecular complexity index is 693. The van der Waals surface area contributed by atoms with Gasteiger partial charge in [0.2, 0.25) is 0 Å². The number of thiophene rings is 1. The van der Waals surface area contributed by atoms with E-state index in [1.165, 1.54) is 23.6 Å². The third-order valence-corrected chi connectivity index (χ3v) is 5.17. The van der Waals surface area contributed by atoms with Gasteiger partial charge in [0, 0.05) is 16.0 Å². The molecule has 0 aromatic carbocycles. The summed E-state index contributed by atoms with van der Waals surface area (Å²) >= 11 is 1.27. The summed E-state index contributed by atoms with van der Waals surface area (Å²) in [4.78, 5) is 5.41. The molecule has 0 unspecified atom stereocenters. The number of aryl methyl sites for hydroxylation is 2. The topological polar surface area (TPSA) is 79.3 Å². The second-order valence-electron chi connectivity index (χ2n) is 4.15. The molecule has 102 valence electrons. The van der Waals surface area contributed by atoms with Crippen molar-refractivity contribution in [1.29, 1.82) is 0 Å². The van der Waals surface area contributed by atoms with E-state index in [0.717, 1.165) is 5.56 Å². The molecule has 0 atom stereocenters. The Kier molecular flexibility index (Phi) is 3.88. The molecule has 2 rings (SSSR count). The van der Waals surface area contributed by atoms with E-state index in [1.807, 2.05) is 6.92 Å². The summed E-state index contributed by atoms with van der Waals surface area (Å²) < 4.78 is 27.0. The molecule has 0 fully saturated rings. The molecule has 0 saturated carbocycles. The Labute approximate surface area is 116 Å². The standard InChI is InChI=1S/C12H14N2O3S2/c1-8-3-10(6-13-5-8)14-19(16,17)12-4-11(7-15)18-9(12)2/h3-6,14-15H,7H2,1-2H3. The fraction of sp³-hybridized carbons (Fsp3) is 0.250. The number of sulfonamides is 1. The van der Waals surface area contributed by atoms with Gasteiger partial charge in [0.05, 0.1) is 18.5 Å². The number of pyridine rings is 1. The Morgan fingerprint density at radius 3 is 2.63 bits per heavy atom. The maximum Gasteiger partial charge on any atom is 0.263 e. The van der Waals surface area contributed by atoms with Crippen LogP contribution in [-0.4, -0.2) is 18.5 Å². The van der Waals surface area contributed by atoms with E-state index < -0.39 is 10.0 Å². The molecule has 2 aromatic heterocycles. The maximum absolute atomic E-state index is 12.2. The van der Waals surface area contributed by atoms with E-state index in [9.17, 15) is 8.42 Å². The van der Waals surface area contributed by atoms with Crippen LogP contribution in [0.1, 0.15) is 15.3 Å². The van der Waals surface area contributed by atoms with Crippen molar-refractivity contribution in [2.24, 2.45) is 0 Å². The van der Waals surface area contributed by atoms with Crippen molar-refractivity contribution in [3.05, 3.63) is 39.8 Å². The van der Waals surface area contributed by atoms with Crippen LogP contribution in [0.2, 0.25) is 0 Å². The number of aliphatic hydroxyl groups is 1. The summed E-state index contributed by atoms with van der Waals surface area (Å²) in [5.74, 6) is 0. The molecule has 0 saturated heterocycles. The highest BCUT2D eigenvalue weighted by Gasteiger charge is 2.20. The van der Waals surface area contributed by atoms with Crippen molar-refractivity contribution in [3.63, 3.8) is 0 Å². The highest BCUT2D eigenvalue weighted by molar-refractivity contribution is 7.93. The predicted molar refractivity (Wildman–Crippen MR) is 74.8 cm³/mol. The summed E-state index contributed by atoms with van der Waals surface area (Å²) in [7, 11) is -3.64. The van der Waals surface area contributed by atoms with Gasteiger partial charge in [-0.1, -0.05) is 0 Å². The molecule has 2 N–H and O–H groups in total. The molecule has 5 nitrogen and oxygen atoms in total. The van der Waals surface area contributed by atoms with Gasteiger partial charge in [0.15, 0.2) is 0 Å². The van der Waals surface area contributed by atoms with E-state index >= 15 is 0 Å². The van der Waals surface area contributed by atoms with Crippen LogP contribution in [0.5, 0.6) is 0 Å². The minimum Gasteiger partial charge on any atom is -0.391 e. The van der Waals surface area contributed by atoms with Gasteiger partial charge in [-0.05, 0) is 31.5 Å². The maximum atomic E-state index is 12.2. The van der Waals surface area contributed by atoms with Crippen LogP contribution < -0.4 is 4.72 Å². The third-order valence-electron chi connectivity index (χ3n) is 2.50. The highest BCUT2D eigenvalue weighted by Crippen LogP contribution is 2.27. The first-order valence-electron chi connectivity index (χ1n) is 5.57. The van der Waals surface area contributed by atoms with Gasteiger partial charge < -0.3 is 5.11 Å². The predicted octanol–water partition coefficient (Wildman–Crippen LogP) is 2.05. The first-order chi connectivity index (χ1) is 8.92. The Hall–Kier alpha value is -1.44. The zero-order valence-corrected chi connectivity index (χ0v) is 12.2. The first-order valence-corrected chi connectivity index (χ1v) is 7.87. The van der Waals surface area contributed by atoms with Crippen LogP contribution >= 0.6 is 11.3 Å². The summed E-state index contributed by atoms with van der Waals surface area (Å²) in [5.41, 5.74) is 1.30.